The van der Waals surface area contributed by atoms with E-state index in [4.69, 9.17) is 32.3 Å². The number of aliphatic hydroxyl groups excluding tert-OH is 3. The van der Waals surface area contributed by atoms with Gasteiger partial charge in [0.2, 0.25) is 18.1 Å². The summed E-state index contributed by atoms with van der Waals surface area (Å²) in [6.07, 6.45) is -6.37. The number of nitrogens with zero attached hydrogens (tertiary/aromatic N) is 7. The molecule has 10 rings (SSSR count). The molecule has 3 amide bonds. The van der Waals surface area contributed by atoms with Gasteiger partial charge >= 0.3 is 22.3 Å². The first kappa shape index (κ1) is 54.2. The number of halogens is 1. The first-order chi connectivity index (χ1) is 37.1. The van der Waals surface area contributed by atoms with Gasteiger partial charge in [-0.3, -0.25) is 24.1 Å². The lowest BCUT2D eigenvalue weighted by Crippen LogP contribution is -2.61. The van der Waals surface area contributed by atoms with E-state index in [1.165, 1.54) is 39.0 Å². The molecule has 7 heterocycles. The second-order valence-corrected chi connectivity index (χ2v) is 21.3. The number of ether oxygens (including phenoxy) is 4. The van der Waals surface area contributed by atoms with E-state index < -0.39 is 98.4 Å². The number of carbonyl (C=O) groups is 5. The first-order valence-electron chi connectivity index (χ1n) is 24.4. The van der Waals surface area contributed by atoms with Crippen LogP contribution in [0.15, 0.2) is 41.3 Å². The number of esters is 1. The quantitative estimate of drug-likeness (QED) is 0.0431. The van der Waals surface area contributed by atoms with Crippen molar-refractivity contribution >= 4 is 62.7 Å². The lowest BCUT2D eigenvalue weighted by atomic mass is 9.85. The van der Waals surface area contributed by atoms with Crippen LogP contribution in [0.1, 0.15) is 70.1 Å². The maximum Gasteiger partial charge on any atom is 0.501 e. The van der Waals surface area contributed by atoms with Crippen molar-refractivity contribution in [3.8, 4) is 28.6 Å². The van der Waals surface area contributed by atoms with Gasteiger partial charge in [-0.05, 0) is 61.8 Å². The van der Waals surface area contributed by atoms with Crippen LogP contribution < -0.4 is 18.7 Å². The fraction of sp³-hybridized carbons (Fsp3) is 0.449. The molecule has 5 aliphatic rings. The standard InChI is InChI=1S/C49H50FN7O19S2/c1-4-49(68)28-15-31-37-26(20-56(31)44(63)27(28)21-72-48(49)67)24-6-5-7-25-36(24)30(51-37)16-29(50)41(25)76-78(69,70)75-33-14-22(8-9-32(33)73-47-40(61)38(59)39(60)42(74-47)46(65)66)43(62)54(2)10-12-71-13-11-55-18-23(52-53-55)19-57-35(58)17-34(77-3)45(57)64/h8-9,14-16,18,34,38-40,42,47,59-61,68H,4-7,10-13,17,19-21H2,1-3H3,(H,65,66)/t34?,38-,39-,40+,42-,47+,49-/m0/s1. The van der Waals surface area contributed by atoms with Gasteiger partial charge < -0.3 is 62.3 Å². The highest BCUT2D eigenvalue weighted by Gasteiger charge is 2.49. The molecule has 2 saturated heterocycles. The SMILES string of the molecule is CC[C@@]1(O)C(=O)OCc2c1cc1n(c2=O)Cc2c-1nc1cc(F)c(OS(=O)(=O)Oc3cc(C(=O)N(C)CCOCCn4cc(CN5C(=O)CC(SC)C5=O)nn4)ccc3O[C@@H]3O[C@H](C(=O)O)[C@@H](O)[C@H](O)[C@H]3O)c3c1c2CCC3. The number of likely N-dealkylation sites (tertiary alicyclic amines) is 1. The third-order valence-corrected chi connectivity index (χ3v) is 16.0. The highest BCUT2D eigenvalue weighted by atomic mass is 32.3. The Bertz CT molecular complexity index is 3500. The number of hydrogen-bond acceptors (Lipinski definition) is 22. The smallest absolute Gasteiger partial charge is 0.479 e. The second kappa shape index (κ2) is 20.9. The van der Waals surface area contributed by atoms with Crippen molar-refractivity contribution in [2.24, 2.45) is 0 Å². The van der Waals surface area contributed by atoms with Gasteiger partial charge in [-0.15, -0.1) is 13.5 Å². The van der Waals surface area contributed by atoms with Crippen molar-refractivity contribution in [1.82, 2.24) is 34.3 Å². The van der Waals surface area contributed by atoms with Crippen LogP contribution >= 0.6 is 11.8 Å². The molecule has 0 spiro atoms. The van der Waals surface area contributed by atoms with Crippen molar-refractivity contribution in [2.45, 2.75) is 107 Å². The van der Waals surface area contributed by atoms with Crippen LogP contribution in [0.4, 0.5) is 4.39 Å². The molecule has 0 saturated carbocycles. The monoisotopic (exact) mass is 1120 g/mol. The number of hydrogen-bond donors (Lipinski definition) is 5. The van der Waals surface area contributed by atoms with Crippen LogP contribution in [0.3, 0.4) is 0 Å². The Hall–Kier alpha value is -7.12. The van der Waals surface area contributed by atoms with Gasteiger partial charge in [0.1, 0.15) is 30.6 Å². The Morgan fingerprint density at radius 1 is 0.987 bits per heavy atom. The van der Waals surface area contributed by atoms with E-state index in [1.54, 1.807) is 19.4 Å². The molecule has 1 aliphatic carbocycles. The molecule has 2 aromatic carbocycles. The summed E-state index contributed by atoms with van der Waals surface area (Å²) in [5.74, 6) is -7.33. The van der Waals surface area contributed by atoms with Gasteiger partial charge in [0, 0.05) is 53.7 Å². The molecule has 1 unspecified atom stereocenters. The van der Waals surface area contributed by atoms with Crippen molar-refractivity contribution in [2.75, 3.05) is 33.1 Å². The number of amides is 3. The molecular weight excluding hydrogens is 1070 g/mol. The van der Waals surface area contributed by atoms with Crippen LogP contribution in [0.2, 0.25) is 0 Å². The molecule has 414 valence electrons. The maximum atomic E-state index is 16.5. The molecule has 7 atom stereocenters. The average molecular weight is 1120 g/mol. The van der Waals surface area contributed by atoms with Gasteiger partial charge in [-0.2, -0.15) is 11.8 Å². The number of fused-ring (bicyclic) bond motifs is 5. The van der Waals surface area contributed by atoms with Crippen LogP contribution in [0.25, 0.3) is 22.3 Å². The highest BCUT2D eigenvalue weighted by Crippen LogP contribution is 2.45. The first-order valence-corrected chi connectivity index (χ1v) is 27.0. The molecule has 4 aliphatic heterocycles. The van der Waals surface area contributed by atoms with Gasteiger partial charge in [0.05, 0.1) is 66.8 Å². The molecule has 3 aromatic heterocycles. The lowest BCUT2D eigenvalue weighted by Gasteiger charge is -2.38. The summed E-state index contributed by atoms with van der Waals surface area (Å²) in [5.41, 5.74) is -0.320. The highest BCUT2D eigenvalue weighted by molar-refractivity contribution is 8.00. The van der Waals surface area contributed by atoms with E-state index in [9.17, 15) is 62.7 Å². The maximum absolute atomic E-state index is 16.5. The summed E-state index contributed by atoms with van der Waals surface area (Å²) in [7, 11) is -4.04. The number of aromatic nitrogens is 5. The topological polar surface area (TPSA) is 348 Å². The van der Waals surface area contributed by atoms with Gasteiger partial charge in [-0.25, -0.2) is 23.6 Å². The van der Waals surface area contributed by atoms with Crippen molar-refractivity contribution in [1.29, 1.82) is 0 Å². The number of likely N-dealkylation sites (N-methyl/N-ethyl adjacent to an activating group) is 1. The predicted octanol–water partition coefficient (Wildman–Crippen LogP) is 0.0518. The van der Waals surface area contributed by atoms with Crippen LogP contribution in [0.5, 0.6) is 17.2 Å². The predicted molar refractivity (Wildman–Crippen MR) is 263 cm³/mol. The molecule has 0 bridgehead atoms. The summed E-state index contributed by atoms with van der Waals surface area (Å²) in [6.45, 7) is 1.49. The fourth-order valence-electron chi connectivity index (χ4n) is 10.2. The van der Waals surface area contributed by atoms with E-state index in [0.717, 1.165) is 29.2 Å². The number of rotatable bonds is 18. The molecule has 5 aromatic rings. The largest absolute Gasteiger partial charge is 0.501 e. The van der Waals surface area contributed by atoms with Crippen LogP contribution in [0, 0.1) is 5.82 Å². The number of aryl methyl sites for hydroxylation is 2. The van der Waals surface area contributed by atoms with Gasteiger partial charge in [-0.1, -0.05) is 12.1 Å². The molecule has 29 heteroatoms. The Morgan fingerprint density at radius 2 is 1.76 bits per heavy atom. The number of thioether (sulfide) groups is 1. The summed E-state index contributed by atoms with van der Waals surface area (Å²) in [6, 6.07) is 5.54. The summed E-state index contributed by atoms with van der Waals surface area (Å²) >= 11 is 1.30. The summed E-state index contributed by atoms with van der Waals surface area (Å²) in [5, 5.41) is 60.4. The zero-order valence-corrected chi connectivity index (χ0v) is 43.3. The Morgan fingerprint density at radius 3 is 2.49 bits per heavy atom. The van der Waals surface area contributed by atoms with Crippen LogP contribution in [-0.4, -0.2) is 167 Å². The molecule has 0 radical (unpaired) electrons. The van der Waals surface area contributed by atoms with Crippen molar-refractivity contribution < 1.29 is 89.6 Å². The zero-order chi connectivity index (χ0) is 55.7. The van der Waals surface area contributed by atoms with Crippen molar-refractivity contribution in [3.05, 3.63) is 91.8 Å². The van der Waals surface area contributed by atoms with Crippen molar-refractivity contribution in [3.63, 3.8) is 0 Å². The lowest BCUT2D eigenvalue weighted by molar-refractivity contribution is -0.271. The van der Waals surface area contributed by atoms with E-state index in [1.807, 2.05) is 0 Å². The van der Waals surface area contributed by atoms with E-state index in [0.29, 0.717) is 40.7 Å². The average Bonchev–Trinajstić information content (AvgIpc) is 4.31. The van der Waals surface area contributed by atoms with E-state index >= 15 is 4.39 Å². The number of carbonyl (C=O) groups excluding carboxylic acids is 4. The van der Waals surface area contributed by atoms with Gasteiger partial charge in [0.25, 0.3) is 11.5 Å². The van der Waals surface area contributed by atoms with E-state index in [2.05, 4.69) is 10.3 Å². The number of imide groups is 1. The molecule has 78 heavy (non-hydrogen) atoms. The number of aliphatic hydroxyl groups is 4. The number of benzene rings is 2. The number of cyclic esters (lactones) is 1. The van der Waals surface area contributed by atoms with Crippen LogP contribution in [-0.2, 0) is 88.5 Å². The fourth-order valence-corrected chi connectivity index (χ4v) is 11.6. The second-order valence-electron chi connectivity index (χ2n) is 19.1. The van der Waals surface area contributed by atoms with E-state index in [-0.39, 0.29) is 111 Å². The molecule has 5 N–H and O–H groups in total. The third kappa shape index (κ3) is 9.70. The Labute approximate surface area is 445 Å². The normalized spacial score (nSPS) is 23.4. The van der Waals surface area contributed by atoms with Gasteiger partial charge in [0.15, 0.2) is 34.8 Å². The number of carboxylic acids is 1. The molecular formula is C49H50FN7O19S2. The summed E-state index contributed by atoms with van der Waals surface area (Å²) in [4.78, 5) is 84.3. The minimum atomic E-state index is -5.45. The summed E-state index contributed by atoms with van der Waals surface area (Å²) < 4.78 is 80.0. The number of carboxylic acid groups (broad SMARTS) is 1. The minimum Gasteiger partial charge on any atom is -0.479 e. The Balaban J connectivity index is 0.882. The Kier molecular flexibility index (Phi) is 14.6. The third-order valence-electron chi connectivity index (χ3n) is 14.4. The number of aliphatic carboxylic acids is 1. The zero-order valence-electron chi connectivity index (χ0n) is 41.7. The molecule has 2 fully saturated rings. The minimum absolute atomic E-state index is 0.00462. The molecule has 26 nitrogen and oxygen atoms in total. The number of pyridine rings is 2.